The van der Waals surface area contributed by atoms with Gasteiger partial charge < -0.3 is 23.7 Å². The molecule has 5 rings (SSSR count). The molecule has 1 N–H and O–H groups in total. The third-order valence-electron chi connectivity index (χ3n) is 8.15. The summed E-state index contributed by atoms with van der Waals surface area (Å²) >= 11 is 0. The zero-order valence-corrected chi connectivity index (χ0v) is 22.3. The normalized spacial score (nSPS) is 31.4. The molecule has 0 radical (unpaired) electrons. The molecule has 2 aromatic rings. The Labute approximate surface area is 210 Å². The summed E-state index contributed by atoms with van der Waals surface area (Å²) in [5, 5.41) is 12.7. The number of rotatable bonds is 7. The van der Waals surface area contributed by atoms with Crippen molar-refractivity contribution in [1.29, 1.82) is 0 Å². The summed E-state index contributed by atoms with van der Waals surface area (Å²) in [6.07, 6.45) is 3.82. The summed E-state index contributed by atoms with van der Waals surface area (Å²) in [7, 11) is -2.65. The minimum atomic E-state index is -2.65. The number of aliphatic hydroxyl groups excluding tert-OH is 1. The third kappa shape index (κ3) is 5.02. The van der Waals surface area contributed by atoms with E-state index in [1.165, 1.54) is 10.4 Å². The first-order chi connectivity index (χ1) is 16.9. The van der Waals surface area contributed by atoms with Gasteiger partial charge in [-0.1, -0.05) is 81.4 Å². The van der Waals surface area contributed by atoms with E-state index in [0.717, 1.165) is 32.3 Å². The van der Waals surface area contributed by atoms with E-state index in [2.05, 4.69) is 81.4 Å². The first kappa shape index (κ1) is 25.1. The highest BCUT2D eigenvalue weighted by atomic mass is 28.4. The largest absolute Gasteiger partial charge is 0.407 e. The zero-order chi connectivity index (χ0) is 24.5. The van der Waals surface area contributed by atoms with Crippen molar-refractivity contribution in [2.24, 2.45) is 11.8 Å². The van der Waals surface area contributed by atoms with Gasteiger partial charge in [0.2, 0.25) is 0 Å². The molecule has 6 heteroatoms. The number of ether oxygens (including phenoxy) is 3. The maximum absolute atomic E-state index is 10.3. The van der Waals surface area contributed by atoms with Gasteiger partial charge >= 0.3 is 0 Å². The molecular formula is C29H40O5Si. The van der Waals surface area contributed by atoms with Crippen LogP contribution in [-0.4, -0.2) is 51.4 Å². The Balaban J connectivity index is 1.46. The van der Waals surface area contributed by atoms with Crippen LogP contribution < -0.4 is 10.4 Å². The second-order valence-corrected chi connectivity index (χ2v) is 15.7. The molecule has 3 fully saturated rings. The van der Waals surface area contributed by atoms with Crippen LogP contribution in [0.25, 0.3) is 0 Å². The van der Waals surface area contributed by atoms with Gasteiger partial charge in [0.15, 0.2) is 12.6 Å². The van der Waals surface area contributed by atoms with Gasteiger partial charge in [0.25, 0.3) is 8.32 Å². The molecule has 2 aliphatic heterocycles. The molecule has 0 amide bonds. The Morgan fingerprint density at radius 2 is 1.60 bits per heavy atom. The first-order valence-electron chi connectivity index (χ1n) is 13.2. The summed E-state index contributed by atoms with van der Waals surface area (Å²) < 4.78 is 25.7. The molecule has 2 heterocycles. The van der Waals surface area contributed by atoms with Crippen LogP contribution in [0.15, 0.2) is 60.7 Å². The minimum absolute atomic E-state index is 0.0128. The minimum Gasteiger partial charge on any atom is -0.407 e. The van der Waals surface area contributed by atoms with Crippen LogP contribution in [0, 0.1) is 11.8 Å². The fraction of sp³-hybridized carbons (Fsp3) is 0.586. The lowest BCUT2D eigenvalue weighted by atomic mass is 9.93. The van der Waals surface area contributed by atoms with Gasteiger partial charge in [0.05, 0.1) is 12.2 Å². The number of aliphatic hydroxyl groups is 1. The lowest BCUT2D eigenvalue weighted by molar-refractivity contribution is -0.201. The smallest absolute Gasteiger partial charge is 0.261 e. The molecule has 2 aromatic carbocycles. The quantitative estimate of drug-likeness (QED) is 0.582. The molecule has 0 spiro atoms. The summed E-state index contributed by atoms with van der Waals surface area (Å²) in [5.41, 5.74) is 0. The molecule has 0 bridgehead atoms. The topological polar surface area (TPSA) is 57.2 Å². The van der Waals surface area contributed by atoms with Crippen LogP contribution in [0.3, 0.4) is 0 Å². The molecule has 6 atom stereocenters. The lowest BCUT2D eigenvalue weighted by Crippen LogP contribution is -2.67. The van der Waals surface area contributed by atoms with Crippen molar-refractivity contribution in [3.05, 3.63) is 60.7 Å². The standard InChI is InChI=1S/C29H40O5Si/c1-29(2,3)35(21-12-6-4-7-13-21,22-14-8-5-9-15-22)32-20-24-23-18-27(30)33-25(23)19-26(24)34-28-16-10-11-17-31-28/h4-9,12-15,23-28,30H,10-11,16-20H2,1-3H3/t23-,24-,25+,26-,27?,28?/m1/s1. The zero-order valence-electron chi connectivity index (χ0n) is 21.3. The van der Waals surface area contributed by atoms with Crippen LogP contribution in [-0.2, 0) is 18.6 Å². The van der Waals surface area contributed by atoms with E-state index >= 15 is 0 Å². The van der Waals surface area contributed by atoms with Gasteiger partial charge in [-0.15, -0.1) is 0 Å². The molecule has 2 unspecified atom stereocenters. The Kier molecular flexibility index (Phi) is 7.50. The van der Waals surface area contributed by atoms with Gasteiger partial charge in [-0.05, 0) is 40.6 Å². The average molecular weight is 497 g/mol. The highest BCUT2D eigenvalue weighted by Gasteiger charge is 2.54. The predicted molar refractivity (Wildman–Crippen MR) is 139 cm³/mol. The van der Waals surface area contributed by atoms with Crippen LogP contribution in [0.2, 0.25) is 5.04 Å². The number of hydrogen-bond donors (Lipinski definition) is 1. The Bertz CT molecular complexity index is 901. The predicted octanol–water partition coefficient (Wildman–Crippen LogP) is 4.22. The van der Waals surface area contributed by atoms with Gasteiger partial charge in [-0.2, -0.15) is 0 Å². The maximum atomic E-state index is 10.3. The van der Waals surface area contributed by atoms with Crippen molar-refractivity contribution in [2.45, 2.75) is 82.7 Å². The summed E-state index contributed by atoms with van der Waals surface area (Å²) in [5.74, 6) is 0.390. The van der Waals surface area contributed by atoms with Crippen molar-refractivity contribution in [2.75, 3.05) is 13.2 Å². The molecule has 0 aromatic heterocycles. The molecule has 3 aliphatic rings. The molecule has 35 heavy (non-hydrogen) atoms. The van der Waals surface area contributed by atoms with Gasteiger partial charge in [-0.25, -0.2) is 0 Å². The maximum Gasteiger partial charge on any atom is 0.261 e. The summed E-state index contributed by atoms with van der Waals surface area (Å²) in [4.78, 5) is 0. The van der Waals surface area contributed by atoms with Crippen LogP contribution >= 0.6 is 0 Å². The molecule has 1 saturated carbocycles. The number of fused-ring (bicyclic) bond motifs is 1. The number of hydrogen-bond acceptors (Lipinski definition) is 5. The second kappa shape index (κ2) is 10.4. The molecule has 2 saturated heterocycles. The SMILES string of the molecule is CC(C)(C)[Si](OC[C@@H]1[C@H]2CC(O)O[C@H]2C[C@H]1OC1CCCCO1)(c1ccccc1)c1ccccc1. The molecule has 190 valence electrons. The molecule has 5 nitrogen and oxygen atoms in total. The van der Waals surface area contributed by atoms with Gasteiger partial charge in [-0.3, -0.25) is 0 Å². The van der Waals surface area contributed by atoms with E-state index in [1.807, 2.05) is 0 Å². The monoisotopic (exact) mass is 496 g/mol. The van der Waals surface area contributed by atoms with E-state index in [0.29, 0.717) is 13.0 Å². The molecular weight excluding hydrogens is 456 g/mol. The van der Waals surface area contributed by atoms with E-state index in [1.54, 1.807) is 0 Å². The Morgan fingerprint density at radius 1 is 0.943 bits per heavy atom. The van der Waals surface area contributed by atoms with E-state index in [9.17, 15) is 5.11 Å². The Hall–Kier alpha value is -1.54. The van der Waals surface area contributed by atoms with Gasteiger partial charge in [0, 0.05) is 32.0 Å². The summed E-state index contributed by atoms with van der Waals surface area (Å²) in [6, 6.07) is 21.5. The van der Waals surface area contributed by atoms with Crippen LogP contribution in [0.1, 0.15) is 52.9 Å². The van der Waals surface area contributed by atoms with Crippen molar-refractivity contribution < 1.29 is 23.7 Å². The average Bonchev–Trinajstić information content (AvgIpc) is 3.36. The van der Waals surface area contributed by atoms with E-state index < -0.39 is 14.6 Å². The fourth-order valence-electron chi connectivity index (χ4n) is 6.49. The Morgan fingerprint density at radius 3 is 2.17 bits per heavy atom. The highest BCUT2D eigenvalue weighted by molar-refractivity contribution is 6.99. The van der Waals surface area contributed by atoms with Crippen molar-refractivity contribution in [3.63, 3.8) is 0 Å². The molecule has 1 aliphatic carbocycles. The van der Waals surface area contributed by atoms with Crippen molar-refractivity contribution >= 4 is 18.7 Å². The third-order valence-corrected chi connectivity index (χ3v) is 13.2. The van der Waals surface area contributed by atoms with Crippen molar-refractivity contribution in [3.8, 4) is 0 Å². The highest BCUT2D eigenvalue weighted by Crippen LogP contribution is 2.46. The fourth-order valence-corrected chi connectivity index (χ4v) is 11.1. The van der Waals surface area contributed by atoms with Crippen LogP contribution in [0.4, 0.5) is 0 Å². The lowest BCUT2D eigenvalue weighted by Gasteiger charge is -2.44. The van der Waals surface area contributed by atoms with Gasteiger partial charge in [0.1, 0.15) is 0 Å². The van der Waals surface area contributed by atoms with Crippen LogP contribution in [0.5, 0.6) is 0 Å². The second-order valence-electron chi connectivity index (χ2n) is 11.4. The van der Waals surface area contributed by atoms with E-state index in [-0.39, 0.29) is 35.4 Å². The number of benzene rings is 2. The van der Waals surface area contributed by atoms with E-state index in [4.69, 9.17) is 18.6 Å². The van der Waals surface area contributed by atoms with Crippen molar-refractivity contribution in [1.82, 2.24) is 0 Å². The summed E-state index contributed by atoms with van der Waals surface area (Å²) in [6.45, 7) is 8.28. The first-order valence-corrected chi connectivity index (χ1v) is 15.1.